The van der Waals surface area contributed by atoms with Gasteiger partial charge in [-0.1, -0.05) is 12.0 Å². The number of rotatable bonds is 6. The number of pyridine rings is 1. The maximum Gasteiger partial charge on any atom is 0.319 e. The summed E-state index contributed by atoms with van der Waals surface area (Å²) in [4.78, 5) is 28.8. The Morgan fingerprint density at radius 3 is 2.53 bits per heavy atom. The Kier molecular flexibility index (Phi) is 6.99. The zero-order valence-corrected chi connectivity index (χ0v) is 26.2. The van der Waals surface area contributed by atoms with Crippen molar-refractivity contribution < 1.29 is 23.4 Å². The van der Waals surface area contributed by atoms with Gasteiger partial charge in [-0.05, 0) is 75.0 Å². The first-order valence-electron chi connectivity index (χ1n) is 16.4. The number of aromatic nitrogens is 3. The zero-order valence-electron chi connectivity index (χ0n) is 26.2. The normalized spacial score (nSPS) is 26.5. The van der Waals surface area contributed by atoms with Crippen molar-refractivity contribution in [1.82, 2.24) is 25.6 Å². The number of phenolic OH excluding ortho intramolecular Hbond substituents is 1. The van der Waals surface area contributed by atoms with Crippen LogP contribution in [0.1, 0.15) is 56.9 Å². The van der Waals surface area contributed by atoms with Crippen LogP contribution in [0.4, 0.5) is 14.6 Å². The number of ether oxygens (including phenoxy) is 1. The third-order valence-corrected chi connectivity index (χ3v) is 11.2. The van der Waals surface area contributed by atoms with Gasteiger partial charge in [-0.2, -0.15) is 9.97 Å². The zero-order chi connectivity index (χ0) is 32.5. The van der Waals surface area contributed by atoms with Crippen molar-refractivity contribution in [1.29, 1.82) is 0 Å². The predicted molar refractivity (Wildman–Crippen MR) is 174 cm³/mol. The fourth-order valence-corrected chi connectivity index (χ4v) is 8.54. The summed E-state index contributed by atoms with van der Waals surface area (Å²) in [5, 5.41) is 18.2. The molecule has 3 saturated carbocycles. The second-order valence-electron chi connectivity index (χ2n) is 13.9. The van der Waals surface area contributed by atoms with Gasteiger partial charge in [-0.25, -0.2) is 8.78 Å². The van der Waals surface area contributed by atoms with Crippen molar-refractivity contribution >= 4 is 33.4 Å². The highest BCUT2D eigenvalue weighted by molar-refractivity contribution is 6.03. The third kappa shape index (κ3) is 4.84. The molecule has 4 bridgehead atoms. The molecule has 11 heteroatoms. The number of carbonyl (C=O) groups is 1. The number of anilines is 1. The molecular formula is C36H36F2N6O3. The molecule has 4 heterocycles. The number of nitrogens with one attached hydrogen (secondary N) is 2. The van der Waals surface area contributed by atoms with Gasteiger partial charge in [0.15, 0.2) is 5.82 Å². The molecule has 4 aromatic rings. The van der Waals surface area contributed by atoms with Gasteiger partial charge >= 0.3 is 6.01 Å². The van der Waals surface area contributed by atoms with Crippen molar-refractivity contribution in [2.75, 3.05) is 31.6 Å². The van der Waals surface area contributed by atoms with E-state index in [0.717, 1.165) is 51.4 Å². The van der Waals surface area contributed by atoms with Crippen molar-refractivity contribution in [2.24, 2.45) is 10.8 Å². The van der Waals surface area contributed by atoms with E-state index in [9.17, 15) is 14.3 Å². The van der Waals surface area contributed by atoms with Crippen LogP contribution in [-0.2, 0) is 4.79 Å². The molecule has 5 fully saturated rings. The second-order valence-corrected chi connectivity index (χ2v) is 13.9. The molecular weight excluding hydrogens is 602 g/mol. The van der Waals surface area contributed by atoms with Gasteiger partial charge in [0.2, 0.25) is 5.91 Å². The molecule has 2 aromatic carbocycles. The lowest BCUT2D eigenvalue weighted by atomic mass is 9.53. The number of carbonyl (C=O) groups excluding carboxylic acids is 1. The van der Waals surface area contributed by atoms with E-state index >= 15 is 4.39 Å². The molecule has 9 nitrogen and oxygen atoms in total. The highest BCUT2D eigenvalue weighted by Gasteiger charge is 2.52. The maximum atomic E-state index is 16.8. The van der Waals surface area contributed by atoms with Crippen molar-refractivity contribution in [3.63, 3.8) is 0 Å². The van der Waals surface area contributed by atoms with Gasteiger partial charge in [0, 0.05) is 60.2 Å². The molecule has 0 spiro atoms. The van der Waals surface area contributed by atoms with E-state index in [4.69, 9.17) is 16.1 Å². The summed E-state index contributed by atoms with van der Waals surface area (Å²) < 4.78 is 38.0. The minimum absolute atomic E-state index is 0.0273. The number of benzene rings is 2. The summed E-state index contributed by atoms with van der Waals surface area (Å²) in [5.41, 5.74) is -0.352. The van der Waals surface area contributed by atoms with Crippen LogP contribution < -0.4 is 20.3 Å². The molecule has 2 aromatic heterocycles. The molecule has 2 saturated heterocycles. The summed E-state index contributed by atoms with van der Waals surface area (Å²) >= 11 is 0. The summed E-state index contributed by atoms with van der Waals surface area (Å²) in [6.07, 6.45) is 14.4. The summed E-state index contributed by atoms with van der Waals surface area (Å²) in [5.74, 6) is 1.56. The molecule has 242 valence electrons. The topological polar surface area (TPSA) is 113 Å². The summed E-state index contributed by atoms with van der Waals surface area (Å²) in [6.45, 7) is 1.79. The van der Waals surface area contributed by atoms with Gasteiger partial charge in [0.25, 0.3) is 0 Å². The largest absolute Gasteiger partial charge is 0.508 e. The summed E-state index contributed by atoms with van der Waals surface area (Å²) in [7, 11) is 1.70. The van der Waals surface area contributed by atoms with Gasteiger partial charge in [-0.3, -0.25) is 9.78 Å². The standard InChI is InChI=1S/C36H36F2N6O3/c1-3-24-27(37)7-4-20-14-23(45)15-25(28(20)24)30-29(38)31-26(16-40-30)32(44-17-21-5-6-22(18-44)41-21)43-34(42-31)47-19-35-8-11-36(12-9-35,13-10-35)33(46)39-2/h1,4,7,14-16,21-22,41,45H,5-6,8-13,17-19H2,2H3,(H,39,46)/t21-,22+,35?,36?. The fourth-order valence-electron chi connectivity index (χ4n) is 8.54. The minimum atomic E-state index is -0.739. The number of halogens is 2. The molecule has 47 heavy (non-hydrogen) atoms. The van der Waals surface area contributed by atoms with Crippen LogP contribution in [0.25, 0.3) is 32.9 Å². The molecule has 1 amide bonds. The van der Waals surface area contributed by atoms with E-state index in [1.54, 1.807) is 13.2 Å². The second kappa shape index (κ2) is 11.0. The van der Waals surface area contributed by atoms with Crippen LogP contribution >= 0.6 is 0 Å². The lowest BCUT2D eigenvalue weighted by molar-refractivity contribution is -0.141. The van der Waals surface area contributed by atoms with Crippen LogP contribution in [0.2, 0.25) is 0 Å². The van der Waals surface area contributed by atoms with E-state index in [1.165, 1.54) is 24.3 Å². The van der Waals surface area contributed by atoms with E-state index in [0.29, 0.717) is 48.4 Å². The first-order valence-corrected chi connectivity index (χ1v) is 16.4. The Labute approximate surface area is 271 Å². The fraction of sp³-hybridized carbons (Fsp3) is 0.444. The first-order chi connectivity index (χ1) is 22.7. The smallest absolute Gasteiger partial charge is 0.319 e. The Morgan fingerprint density at radius 2 is 1.85 bits per heavy atom. The van der Waals surface area contributed by atoms with E-state index in [-0.39, 0.29) is 56.2 Å². The van der Waals surface area contributed by atoms with Crippen molar-refractivity contribution in [3.05, 3.63) is 47.7 Å². The summed E-state index contributed by atoms with van der Waals surface area (Å²) in [6, 6.07) is 6.21. The van der Waals surface area contributed by atoms with Crippen molar-refractivity contribution in [3.8, 4) is 35.4 Å². The van der Waals surface area contributed by atoms with Crippen LogP contribution in [0.3, 0.4) is 0 Å². The maximum absolute atomic E-state index is 16.8. The van der Waals surface area contributed by atoms with Crippen LogP contribution in [0.5, 0.6) is 11.8 Å². The number of nitrogens with zero attached hydrogens (tertiary/aromatic N) is 4. The average molecular weight is 639 g/mol. The lowest BCUT2D eigenvalue weighted by Gasteiger charge is -2.51. The predicted octanol–water partition coefficient (Wildman–Crippen LogP) is 5.22. The number of piperazine rings is 1. The molecule has 0 unspecified atom stereocenters. The number of phenols is 1. The number of amides is 1. The van der Waals surface area contributed by atoms with Gasteiger partial charge in [0.05, 0.1) is 17.6 Å². The lowest BCUT2D eigenvalue weighted by Crippen LogP contribution is -2.51. The first kappa shape index (κ1) is 29.8. The third-order valence-electron chi connectivity index (χ3n) is 11.2. The Morgan fingerprint density at radius 1 is 1.13 bits per heavy atom. The number of fused-ring (bicyclic) bond motifs is 7. The molecule has 2 aliphatic heterocycles. The Hall–Kier alpha value is -4.56. The van der Waals surface area contributed by atoms with Crippen LogP contribution in [0, 0.1) is 34.8 Å². The Bertz CT molecular complexity index is 1960. The molecule has 9 rings (SSSR count). The highest BCUT2D eigenvalue weighted by atomic mass is 19.1. The number of hydrogen-bond acceptors (Lipinski definition) is 8. The van der Waals surface area contributed by atoms with Gasteiger partial charge < -0.3 is 25.4 Å². The minimum Gasteiger partial charge on any atom is -0.508 e. The highest BCUT2D eigenvalue weighted by Crippen LogP contribution is 2.57. The van der Waals surface area contributed by atoms with Crippen molar-refractivity contribution in [2.45, 2.75) is 63.5 Å². The van der Waals surface area contributed by atoms with Gasteiger partial charge in [-0.15, -0.1) is 6.42 Å². The SMILES string of the molecule is C#Cc1c(F)ccc2cc(O)cc(-c3ncc4c(N5C[C@H]6CC[C@@H](C5)N6)nc(OCC56CCC(C(=O)NC)(CC5)CC6)nc4c3F)c12. The number of aromatic hydroxyl groups is 1. The van der Waals surface area contributed by atoms with E-state index < -0.39 is 11.6 Å². The quantitative estimate of drug-likeness (QED) is 0.247. The average Bonchev–Trinajstić information content (AvgIpc) is 3.44. The monoisotopic (exact) mass is 638 g/mol. The van der Waals surface area contributed by atoms with Gasteiger partial charge in [0.1, 0.15) is 28.6 Å². The molecule has 2 atom stereocenters. The van der Waals surface area contributed by atoms with E-state index in [1.807, 2.05) is 0 Å². The molecule has 3 N–H and O–H groups in total. The number of terminal acetylenes is 1. The molecule has 0 radical (unpaired) electrons. The number of hydrogen-bond donors (Lipinski definition) is 3. The van der Waals surface area contributed by atoms with Crippen LogP contribution in [-0.4, -0.2) is 64.8 Å². The Balaban J connectivity index is 1.22. The van der Waals surface area contributed by atoms with Crippen LogP contribution in [0.15, 0.2) is 30.5 Å². The molecule has 3 aliphatic carbocycles. The van der Waals surface area contributed by atoms with E-state index in [2.05, 4.69) is 31.4 Å². The molecule has 5 aliphatic rings.